The number of hydrogen-bond donors (Lipinski definition) is 1. The zero-order valence-electron chi connectivity index (χ0n) is 11.2. The lowest BCUT2D eigenvalue weighted by atomic mass is 10.3. The van der Waals surface area contributed by atoms with Crippen molar-refractivity contribution in [2.75, 3.05) is 0 Å². The molecule has 0 bridgehead atoms. The Morgan fingerprint density at radius 2 is 1.95 bits per heavy atom. The van der Waals surface area contributed by atoms with Gasteiger partial charge in [-0.15, -0.1) is 5.10 Å². The maximum atomic E-state index is 13.4. The van der Waals surface area contributed by atoms with Gasteiger partial charge in [0.1, 0.15) is 5.82 Å². The van der Waals surface area contributed by atoms with E-state index >= 15 is 0 Å². The van der Waals surface area contributed by atoms with Crippen LogP contribution in [-0.4, -0.2) is 16.2 Å². The summed E-state index contributed by atoms with van der Waals surface area (Å²) in [5, 5.41) is 11.0. The molecule has 6 heteroatoms. The number of halogens is 2. The Kier molecular flexibility index (Phi) is 4.57. The molecule has 2 rings (SSSR count). The first-order valence-electron chi connectivity index (χ1n) is 6.23. The molecule has 0 saturated carbocycles. The molecule has 1 N–H and O–H groups in total. The highest BCUT2D eigenvalue weighted by Crippen LogP contribution is 2.22. The number of benzene rings is 1. The lowest BCUT2D eigenvalue weighted by Gasteiger charge is -2.08. The van der Waals surface area contributed by atoms with E-state index in [9.17, 15) is 8.78 Å². The Balaban J connectivity index is 2.03. The molecule has 4 nitrogen and oxygen atoms in total. The standard InChI is InChI=1S/C14H15F2N3O/c1-9(2)17-8-11-4-6-14(19-18-11)20-13-5-3-10(15)7-12(13)16/h3-7,9,17H,8H2,1-2H3. The quantitative estimate of drug-likeness (QED) is 0.913. The smallest absolute Gasteiger partial charge is 0.239 e. The minimum absolute atomic E-state index is 0.0891. The van der Waals surface area contributed by atoms with Gasteiger partial charge in [0.05, 0.1) is 5.69 Å². The summed E-state index contributed by atoms with van der Waals surface area (Å²) in [5.74, 6) is -1.37. The minimum atomic E-state index is -0.780. The molecule has 0 aliphatic rings. The summed E-state index contributed by atoms with van der Waals surface area (Å²) in [6.45, 7) is 4.65. The molecule has 0 aliphatic heterocycles. The molecule has 0 amide bonds. The highest BCUT2D eigenvalue weighted by atomic mass is 19.1. The highest BCUT2D eigenvalue weighted by Gasteiger charge is 2.07. The normalized spacial score (nSPS) is 10.8. The van der Waals surface area contributed by atoms with Crippen molar-refractivity contribution in [1.29, 1.82) is 0 Å². The minimum Gasteiger partial charge on any atom is -0.434 e. The van der Waals surface area contributed by atoms with Gasteiger partial charge < -0.3 is 10.1 Å². The van der Waals surface area contributed by atoms with Gasteiger partial charge in [-0.05, 0) is 18.2 Å². The fraction of sp³-hybridized carbons (Fsp3) is 0.286. The van der Waals surface area contributed by atoms with E-state index < -0.39 is 11.6 Å². The van der Waals surface area contributed by atoms with Crippen LogP contribution in [0.2, 0.25) is 0 Å². The first-order chi connectivity index (χ1) is 9.54. The Hall–Kier alpha value is -2.08. The second kappa shape index (κ2) is 6.38. The second-order valence-corrected chi connectivity index (χ2v) is 4.58. The van der Waals surface area contributed by atoms with Crippen LogP contribution >= 0.6 is 0 Å². The van der Waals surface area contributed by atoms with Crippen molar-refractivity contribution in [3.63, 3.8) is 0 Å². The maximum Gasteiger partial charge on any atom is 0.239 e. The molecule has 0 aliphatic carbocycles. The van der Waals surface area contributed by atoms with Crippen LogP contribution in [0.4, 0.5) is 8.78 Å². The molecule has 0 unspecified atom stereocenters. The molecule has 0 radical (unpaired) electrons. The van der Waals surface area contributed by atoms with E-state index in [1.807, 2.05) is 13.8 Å². The van der Waals surface area contributed by atoms with Crippen molar-refractivity contribution in [1.82, 2.24) is 15.5 Å². The molecule has 1 aromatic heterocycles. The van der Waals surface area contributed by atoms with Crippen molar-refractivity contribution in [2.45, 2.75) is 26.4 Å². The van der Waals surface area contributed by atoms with E-state index in [2.05, 4.69) is 15.5 Å². The highest BCUT2D eigenvalue weighted by molar-refractivity contribution is 5.28. The van der Waals surface area contributed by atoms with E-state index in [1.54, 1.807) is 12.1 Å². The molecule has 20 heavy (non-hydrogen) atoms. The van der Waals surface area contributed by atoms with Crippen LogP contribution in [0.1, 0.15) is 19.5 Å². The molecule has 0 saturated heterocycles. The van der Waals surface area contributed by atoms with Crippen molar-refractivity contribution in [2.24, 2.45) is 0 Å². The third-order valence-electron chi connectivity index (χ3n) is 2.50. The summed E-state index contributed by atoms with van der Waals surface area (Å²) in [6, 6.07) is 6.75. The topological polar surface area (TPSA) is 47.0 Å². The fourth-order valence-electron chi connectivity index (χ4n) is 1.48. The third kappa shape index (κ3) is 3.96. The summed E-state index contributed by atoms with van der Waals surface area (Å²) in [6.07, 6.45) is 0. The van der Waals surface area contributed by atoms with Gasteiger partial charge in [-0.25, -0.2) is 8.78 Å². The largest absolute Gasteiger partial charge is 0.434 e. The number of ether oxygens (including phenoxy) is 1. The zero-order chi connectivity index (χ0) is 14.5. The molecule has 106 valence electrons. The molecule has 1 heterocycles. The number of rotatable bonds is 5. The molecule has 0 fully saturated rings. The van der Waals surface area contributed by atoms with Crippen LogP contribution in [0.5, 0.6) is 11.6 Å². The average Bonchev–Trinajstić information content (AvgIpc) is 2.41. The molecular weight excluding hydrogens is 264 g/mol. The second-order valence-electron chi connectivity index (χ2n) is 4.58. The van der Waals surface area contributed by atoms with Crippen molar-refractivity contribution in [3.8, 4) is 11.6 Å². The van der Waals surface area contributed by atoms with Gasteiger partial charge in [0.2, 0.25) is 5.88 Å². The van der Waals surface area contributed by atoms with Gasteiger partial charge in [0, 0.05) is 24.7 Å². The zero-order valence-corrected chi connectivity index (χ0v) is 11.2. The summed E-state index contributed by atoms with van der Waals surface area (Å²) < 4.78 is 31.4. The lowest BCUT2D eigenvalue weighted by molar-refractivity contribution is 0.417. The summed E-state index contributed by atoms with van der Waals surface area (Å²) >= 11 is 0. The van der Waals surface area contributed by atoms with Gasteiger partial charge in [0.25, 0.3) is 0 Å². The van der Waals surface area contributed by atoms with Gasteiger partial charge >= 0.3 is 0 Å². The summed E-state index contributed by atoms with van der Waals surface area (Å²) in [7, 11) is 0. The predicted molar refractivity (Wildman–Crippen MR) is 70.4 cm³/mol. The number of aromatic nitrogens is 2. The fourth-order valence-corrected chi connectivity index (χ4v) is 1.48. The lowest BCUT2D eigenvalue weighted by Crippen LogP contribution is -2.22. The Labute approximate surface area is 115 Å². The van der Waals surface area contributed by atoms with E-state index in [1.165, 1.54) is 6.07 Å². The van der Waals surface area contributed by atoms with Crippen LogP contribution in [0.15, 0.2) is 30.3 Å². The van der Waals surface area contributed by atoms with Gasteiger partial charge in [0.15, 0.2) is 11.6 Å². The molecule has 1 aromatic carbocycles. The third-order valence-corrected chi connectivity index (χ3v) is 2.50. The monoisotopic (exact) mass is 279 g/mol. The maximum absolute atomic E-state index is 13.4. The van der Waals surface area contributed by atoms with Gasteiger partial charge in [-0.3, -0.25) is 0 Å². The number of nitrogens with zero attached hydrogens (tertiary/aromatic N) is 2. The van der Waals surface area contributed by atoms with Crippen LogP contribution in [0.3, 0.4) is 0 Å². The molecule has 2 aromatic rings. The first-order valence-corrected chi connectivity index (χ1v) is 6.23. The Bertz CT molecular complexity index is 573. The SMILES string of the molecule is CC(C)NCc1ccc(Oc2ccc(F)cc2F)nn1. The van der Waals surface area contributed by atoms with Crippen molar-refractivity contribution >= 4 is 0 Å². The Morgan fingerprint density at radius 1 is 1.15 bits per heavy atom. The summed E-state index contributed by atoms with van der Waals surface area (Å²) in [5.41, 5.74) is 0.755. The van der Waals surface area contributed by atoms with Crippen LogP contribution in [0, 0.1) is 11.6 Å². The summed E-state index contributed by atoms with van der Waals surface area (Å²) in [4.78, 5) is 0. The van der Waals surface area contributed by atoms with E-state index in [4.69, 9.17) is 4.74 Å². The van der Waals surface area contributed by atoms with Gasteiger partial charge in [-0.1, -0.05) is 13.8 Å². The van der Waals surface area contributed by atoms with Crippen molar-refractivity contribution in [3.05, 3.63) is 47.7 Å². The van der Waals surface area contributed by atoms with Crippen LogP contribution in [0.25, 0.3) is 0 Å². The Morgan fingerprint density at radius 3 is 2.55 bits per heavy atom. The number of hydrogen-bond acceptors (Lipinski definition) is 4. The van der Waals surface area contributed by atoms with E-state index in [-0.39, 0.29) is 11.6 Å². The molecule has 0 spiro atoms. The van der Waals surface area contributed by atoms with E-state index in [0.29, 0.717) is 12.6 Å². The number of nitrogens with one attached hydrogen (secondary N) is 1. The van der Waals surface area contributed by atoms with Crippen LogP contribution < -0.4 is 10.1 Å². The average molecular weight is 279 g/mol. The van der Waals surface area contributed by atoms with Gasteiger partial charge in [-0.2, -0.15) is 5.10 Å². The van der Waals surface area contributed by atoms with E-state index in [0.717, 1.165) is 17.8 Å². The predicted octanol–water partition coefficient (Wildman–Crippen LogP) is 3.05. The first kappa shape index (κ1) is 14.3. The van der Waals surface area contributed by atoms with Crippen LogP contribution in [-0.2, 0) is 6.54 Å². The van der Waals surface area contributed by atoms with Crippen molar-refractivity contribution < 1.29 is 13.5 Å². The molecule has 0 atom stereocenters. The molecular formula is C14H15F2N3O.